The van der Waals surface area contributed by atoms with Crippen molar-refractivity contribution < 1.29 is 19.1 Å². The average molecular weight is 374 g/mol. The van der Waals surface area contributed by atoms with E-state index in [0.717, 1.165) is 18.7 Å². The highest BCUT2D eigenvalue weighted by Crippen LogP contribution is 2.26. The van der Waals surface area contributed by atoms with Crippen molar-refractivity contribution in [1.29, 1.82) is 0 Å². The molecule has 8 heteroatoms. The predicted molar refractivity (Wildman–Crippen MR) is 98.2 cm³/mol. The smallest absolute Gasteiger partial charge is 0.237 e. The number of terminal acetylenes is 1. The summed E-state index contributed by atoms with van der Waals surface area (Å²) < 4.78 is 5.49. The molecule has 1 aromatic heterocycles. The summed E-state index contributed by atoms with van der Waals surface area (Å²) >= 11 is 0. The summed E-state index contributed by atoms with van der Waals surface area (Å²) in [6.07, 6.45) is 6.94. The third-order valence-electron chi connectivity index (χ3n) is 5.15. The molecule has 2 aliphatic rings. The van der Waals surface area contributed by atoms with Crippen LogP contribution in [0.4, 0.5) is 0 Å². The van der Waals surface area contributed by atoms with E-state index in [9.17, 15) is 9.59 Å². The van der Waals surface area contributed by atoms with E-state index >= 15 is 0 Å². The summed E-state index contributed by atoms with van der Waals surface area (Å²) in [7, 11) is 0. The van der Waals surface area contributed by atoms with Crippen LogP contribution in [0.1, 0.15) is 30.8 Å². The van der Waals surface area contributed by atoms with Crippen LogP contribution in [-0.2, 0) is 22.7 Å². The van der Waals surface area contributed by atoms with Crippen LogP contribution >= 0.6 is 0 Å². The number of nitrogens with zero attached hydrogens (tertiary/aromatic N) is 1. The molecule has 2 saturated heterocycles. The Morgan fingerprint density at radius 1 is 1.44 bits per heavy atom. The standard InChI is InChI=1S/C19H26N4O4/c1-2-7-20-18(25)6-3-14-9-22-19(26)17-8-13(11-23(14)17)21-10-15-4-5-16(12-24)27-15/h1,4-5,13-14,17,21,24H,3,6-12H2,(H,20,25)(H,22,26). The highest BCUT2D eigenvalue weighted by molar-refractivity contribution is 5.83. The quantitative estimate of drug-likeness (QED) is 0.450. The monoisotopic (exact) mass is 374 g/mol. The second kappa shape index (κ2) is 9.04. The SMILES string of the molecule is C#CCNC(=O)CCC1CNC(=O)C2CC(NCc3ccc(CO)o3)CN12. The van der Waals surface area contributed by atoms with E-state index in [0.29, 0.717) is 31.7 Å². The van der Waals surface area contributed by atoms with Crippen molar-refractivity contribution in [3.63, 3.8) is 0 Å². The summed E-state index contributed by atoms with van der Waals surface area (Å²) in [6, 6.07) is 3.73. The Balaban J connectivity index is 1.51. The predicted octanol–water partition coefficient (Wildman–Crippen LogP) is -0.668. The number of hydrogen-bond donors (Lipinski definition) is 4. The molecule has 2 fully saturated rings. The highest BCUT2D eigenvalue weighted by atomic mass is 16.4. The van der Waals surface area contributed by atoms with E-state index in [-0.39, 0.29) is 43.1 Å². The lowest BCUT2D eigenvalue weighted by Gasteiger charge is -2.37. The normalized spacial score (nSPS) is 24.9. The number of aliphatic hydroxyl groups is 1. The fourth-order valence-electron chi connectivity index (χ4n) is 3.77. The number of carbonyl (C=O) groups is 2. The first-order valence-corrected chi connectivity index (χ1v) is 9.26. The van der Waals surface area contributed by atoms with Crippen LogP contribution in [0.3, 0.4) is 0 Å². The van der Waals surface area contributed by atoms with Crippen LogP contribution in [0, 0.1) is 12.3 Å². The zero-order valence-electron chi connectivity index (χ0n) is 15.2. The Labute approximate surface area is 158 Å². The summed E-state index contributed by atoms with van der Waals surface area (Å²) in [5, 5.41) is 18.1. The molecule has 0 aromatic carbocycles. The maximum absolute atomic E-state index is 12.2. The van der Waals surface area contributed by atoms with Crippen LogP contribution in [0.5, 0.6) is 0 Å². The van der Waals surface area contributed by atoms with Gasteiger partial charge in [-0.2, -0.15) is 0 Å². The number of nitrogens with one attached hydrogen (secondary N) is 3. The number of furan rings is 1. The van der Waals surface area contributed by atoms with E-state index in [1.165, 1.54) is 0 Å². The van der Waals surface area contributed by atoms with Crippen LogP contribution in [-0.4, -0.2) is 59.6 Å². The van der Waals surface area contributed by atoms with Crippen molar-refractivity contribution >= 4 is 11.8 Å². The van der Waals surface area contributed by atoms with Gasteiger partial charge in [-0.25, -0.2) is 0 Å². The lowest BCUT2D eigenvalue weighted by molar-refractivity contribution is -0.129. The molecule has 1 aromatic rings. The fraction of sp³-hybridized carbons (Fsp3) is 0.579. The Morgan fingerprint density at radius 2 is 2.26 bits per heavy atom. The van der Waals surface area contributed by atoms with E-state index < -0.39 is 0 Å². The van der Waals surface area contributed by atoms with Crippen molar-refractivity contribution in [3.8, 4) is 12.3 Å². The Hall–Kier alpha value is -2.34. The molecule has 0 aliphatic carbocycles. The summed E-state index contributed by atoms with van der Waals surface area (Å²) in [4.78, 5) is 26.2. The molecule has 2 amide bonds. The summed E-state index contributed by atoms with van der Waals surface area (Å²) in [5.41, 5.74) is 0. The molecule has 0 radical (unpaired) electrons. The van der Waals surface area contributed by atoms with E-state index in [4.69, 9.17) is 15.9 Å². The van der Waals surface area contributed by atoms with Crippen molar-refractivity contribution in [2.24, 2.45) is 0 Å². The van der Waals surface area contributed by atoms with Gasteiger partial charge in [-0.1, -0.05) is 5.92 Å². The summed E-state index contributed by atoms with van der Waals surface area (Å²) in [5.74, 6) is 3.67. The molecule has 27 heavy (non-hydrogen) atoms. The minimum atomic E-state index is -0.167. The Morgan fingerprint density at radius 3 is 3.00 bits per heavy atom. The van der Waals surface area contributed by atoms with E-state index in [1.807, 2.05) is 6.07 Å². The molecule has 3 unspecified atom stereocenters. The number of hydrogen-bond acceptors (Lipinski definition) is 6. The maximum atomic E-state index is 12.2. The number of piperazine rings is 1. The van der Waals surface area contributed by atoms with Gasteiger partial charge in [0.1, 0.15) is 18.1 Å². The molecule has 146 valence electrons. The second-order valence-corrected chi connectivity index (χ2v) is 6.97. The van der Waals surface area contributed by atoms with E-state index in [2.05, 4.69) is 26.8 Å². The van der Waals surface area contributed by atoms with Crippen molar-refractivity contribution in [2.45, 2.75) is 50.5 Å². The number of amides is 2. The zero-order valence-corrected chi connectivity index (χ0v) is 15.2. The van der Waals surface area contributed by atoms with E-state index in [1.54, 1.807) is 6.07 Å². The third-order valence-corrected chi connectivity index (χ3v) is 5.15. The first-order chi connectivity index (χ1) is 13.1. The van der Waals surface area contributed by atoms with Crippen molar-refractivity contribution in [2.75, 3.05) is 19.6 Å². The number of fused-ring (bicyclic) bond motifs is 1. The lowest BCUT2D eigenvalue weighted by atomic mass is 10.0. The van der Waals surface area contributed by atoms with Gasteiger partial charge in [0.2, 0.25) is 11.8 Å². The fourth-order valence-corrected chi connectivity index (χ4v) is 3.77. The van der Waals surface area contributed by atoms with Gasteiger partial charge in [-0.15, -0.1) is 6.42 Å². The van der Waals surface area contributed by atoms with Gasteiger partial charge in [0.05, 0.1) is 19.1 Å². The van der Waals surface area contributed by atoms with Gasteiger partial charge < -0.3 is 25.5 Å². The molecule has 8 nitrogen and oxygen atoms in total. The van der Waals surface area contributed by atoms with Crippen molar-refractivity contribution in [3.05, 3.63) is 23.7 Å². The summed E-state index contributed by atoms with van der Waals surface area (Å²) in [6.45, 7) is 1.98. The highest BCUT2D eigenvalue weighted by Gasteiger charge is 2.43. The van der Waals surface area contributed by atoms with Gasteiger partial charge >= 0.3 is 0 Å². The molecular formula is C19H26N4O4. The minimum absolute atomic E-state index is 0.0490. The van der Waals surface area contributed by atoms with Gasteiger partial charge in [0, 0.05) is 31.6 Å². The van der Waals surface area contributed by atoms with Crippen LogP contribution < -0.4 is 16.0 Å². The molecule has 2 aliphatic heterocycles. The zero-order chi connectivity index (χ0) is 19.2. The first-order valence-electron chi connectivity index (χ1n) is 9.26. The van der Waals surface area contributed by atoms with Crippen molar-refractivity contribution in [1.82, 2.24) is 20.9 Å². The molecule has 0 saturated carbocycles. The van der Waals surface area contributed by atoms with Crippen LogP contribution in [0.25, 0.3) is 0 Å². The number of rotatable bonds is 8. The topological polar surface area (TPSA) is 107 Å². The van der Waals surface area contributed by atoms with Gasteiger partial charge in [0.25, 0.3) is 0 Å². The lowest BCUT2D eigenvalue weighted by Crippen LogP contribution is -2.58. The van der Waals surface area contributed by atoms with Gasteiger partial charge in [0.15, 0.2) is 0 Å². The average Bonchev–Trinajstić information content (AvgIpc) is 3.31. The van der Waals surface area contributed by atoms with Crippen LogP contribution in [0.15, 0.2) is 16.5 Å². The molecular weight excluding hydrogens is 348 g/mol. The Kier molecular flexibility index (Phi) is 6.50. The Bertz CT molecular complexity index is 711. The molecule has 0 spiro atoms. The maximum Gasteiger partial charge on any atom is 0.237 e. The van der Waals surface area contributed by atoms with Gasteiger partial charge in [-0.05, 0) is 25.0 Å². The largest absolute Gasteiger partial charge is 0.462 e. The molecule has 4 N–H and O–H groups in total. The molecule has 3 rings (SSSR count). The third kappa shape index (κ3) is 4.89. The number of aliphatic hydroxyl groups excluding tert-OH is 1. The number of carbonyl (C=O) groups excluding carboxylic acids is 2. The minimum Gasteiger partial charge on any atom is -0.462 e. The molecule has 3 heterocycles. The van der Waals surface area contributed by atoms with Crippen LogP contribution in [0.2, 0.25) is 0 Å². The first kappa shape index (κ1) is 19.4. The second-order valence-electron chi connectivity index (χ2n) is 6.97. The molecule has 3 atom stereocenters. The van der Waals surface area contributed by atoms with Gasteiger partial charge in [-0.3, -0.25) is 14.5 Å². The molecule has 0 bridgehead atoms.